The molecule has 6 nitrogen and oxygen atoms in total. The van der Waals surface area contributed by atoms with E-state index in [4.69, 9.17) is 9.15 Å². The van der Waals surface area contributed by atoms with Crippen molar-refractivity contribution in [1.29, 1.82) is 0 Å². The van der Waals surface area contributed by atoms with Gasteiger partial charge in [-0.3, -0.25) is 9.59 Å². The topological polar surface area (TPSA) is 80.0 Å². The molecule has 1 aliphatic heterocycles. The average Bonchev–Trinajstić information content (AvgIpc) is 2.88. The van der Waals surface area contributed by atoms with Crippen LogP contribution in [0.25, 0.3) is 0 Å². The molecule has 114 valence electrons. The zero-order valence-corrected chi connectivity index (χ0v) is 11.9. The highest BCUT2D eigenvalue weighted by molar-refractivity contribution is 5.91. The van der Waals surface area contributed by atoms with Crippen molar-refractivity contribution in [2.24, 2.45) is 5.92 Å². The largest absolute Gasteiger partial charge is 0.456 e. The number of amides is 1. The van der Waals surface area contributed by atoms with Crippen LogP contribution >= 0.6 is 0 Å². The summed E-state index contributed by atoms with van der Waals surface area (Å²) in [4.78, 5) is 25.9. The minimum atomic E-state index is -0.271. The van der Waals surface area contributed by atoms with E-state index >= 15 is 0 Å². The summed E-state index contributed by atoms with van der Waals surface area (Å²) < 4.78 is 11.1. The maximum atomic E-state index is 12.6. The van der Waals surface area contributed by atoms with Gasteiger partial charge in [-0.2, -0.15) is 0 Å². The predicted molar refractivity (Wildman–Crippen MR) is 74.1 cm³/mol. The lowest BCUT2D eigenvalue weighted by Crippen LogP contribution is -2.51. The van der Waals surface area contributed by atoms with E-state index in [1.807, 2.05) is 0 Å². The van der Waals surface area contributed by atoms with Crippen LogP contribution in [0.5, 0.6) is 0 Å². The molecular weight excluding hydrogens is 274 g/mol. The zero-order chi connectivity index (χ0) is 15.0. The van der Waals surface area contributed by atoms with Crippen LogP contribution in [0.2, 0.25) is 0 Å². The molecule has 3 rings (SSSR count). The Morgan fingerprint density at radius 3 is 2.95 bits per heavy atom. The van der Waals surface area contributed by atoms with Crippen LogP contribution in [0.1, 0.15) is 29.2 Å². The quantitative estimate of drug-likeness (QED) is 0.862. The minimum Gasteiger partial charge on any atom is -0.456 e. The van der Waals surface area contributed by atoms with E-state index in [2.05, 4.69) is 0 Å². The van der Waals surface area contributed by atoms with Gasteiger partial charge in [-0.25, -0.2) is 0 Å². The number of hydrogen-bond donors (Lipinski definition) is 1. The predicted octanol–water partition coefficient (Wildman–Crippen LogP) is 0.560. The highest BCUT2D eigenvalue weighted by Gasteiger charge is 2.43. The fourth-order valence-corrected chi connectivity index (χ4v) is 3.30. The van der Waals surface area contributed by atoms with E-state index in [-0.39, 0.29) is 41.8 Å². The van der Waals surface area contributed by atoms with Gasteiger partial charge in [-0.1, -0.05) is 0 Å². The van der Waals surface area contributed by atoms with Crippen LogP contribution in [0.3, 0.4) is 0 Å². The smallest absolute Gasteiger partial charge is 0.290 e. The van der Waals surface area contributed by atoms with Crippen molar-refractivity contribution in [2.75, 3.05) is 19.8 Å². The summed E-state index contributed by atoms with van der Waals surface area (Å²) >= 11 is 0. The number of morpholine rings is 1. The lowest BCUT2D eigenvalue weighted by molar-refractivity contribution is -0.0458. The number of ether oxygens (including phenoxy) is 1. The average molecular weight is 293 g/mol. The number of fused-ring (bicyclic) bond motifs is 1. The molecule has 0 spiro atoms. The number of nitrogens with zero attached hydrogens (tertiary/aromatic N) is 1. The van der Waals surface area contributed by atoms with Crippen LogP contribution in [0.15, 0.2) is 21.3 Å². The summed E-state index contributed by atoms with van der Waals surface area (Å²) in [6.45, 7) is 2.71. The molecule has 2 aliphatic rings. The SMILES string of the molecule is Cc1cc(=O)cc(C(=O)N2CCO[C@H]3C[C@H](CO)C[C@@H]32)o1. The Balaban J connectivity index is 1.85. The molecule has 1 saturated carbocycles. The van der Waals surface area contributed by atoms with Gasteiger partial charge in [0.2, 0.25) is 0 Å². The molecule has 0 aromatic carbocycles. The van der Waals surface area contributed by atoms with Gasteiger partial charge in [0.05, 0.1) is 18.8 Å². The molecule has 0 unspecified atom stereocenters. The third-order valence-corrected chi connectivity index (χ3v) is 4.25. The number of aliphatic hydroxyl groups is 1. The Labute approximate surface area is 122 Å². The summed E-state index contributed by atoms with van der Waals surface area (Å²) in [6.07, 6.45) is 1.46. The second-order valence-electron chi connectivity index (χ2n) is 5.76. The first kappa shape index (κ1) is 14.3. The second kappa shape index (κ2) is 5.61. The molecule has 1 aromatic rings. The molecule has 1 N–H and O–H groups in total. The van der Waals surface area contributed by atoms with Gasteiger partial charge in [0.25, 0.3) is 5.91 Å². The monoisotopic (exact) mass is 293 g/mol. The fraction of sp³-hybridized carbons (Fsp3) is 0.600. The van der Waals surface area contributed by atoms with Crippen LogP contribution in [0.4, 0.5) is 0 Å². The maximum Gasteiger partial charge on any atom is 0.290 e. The Morgan fingerprint density at radius 1 is 1.43 bits per heavy atom. The second-order valence-corrected chi connectivity index (χ2v) is 5.76. The van der Waals surface area contributed by atoms with Crippen molar-refractivity contribution in [3.63, 3.8) is 0 Å². The Hall–Kier alpha value is -1.66. The molecule has 3 atom stereocenters. The molecule has 1 amide bonds. The van der Waals surface area contributed by atoms with Gasteiger partial charge in [0.1, 0.15) is 5.76 Å². The van der Waals surface area contributed by atoms with Gasteiger partial charge in [0.15, 0.2) is 11.2 Å². The van der Waals surface area contributed by atoms with Gasteiger partial charge in [0, 0.05) is 25.3 Å². The molecule has 0 bridgehead atoms. The minimum absolute atomic E-state index is 0.0311. The van der Waals surface area contributed by atoms with E-state index in [1.165, 1.54) is 12.1 Å². The number of rotatable bonds is 2. The summed E-state index contributed by atoms with van der Waals surface area (Å²) in [5.74, 6) is 0.397. The third-order valence-electron chi connectivity index (χ3n) is 4.25. The summed E-state index contributed by atoms with van der Waals surface area (Å²) in [6, 6.07) is 2.54. The molecule has 0 radical (unpaired) electrons. The summed E-state index contributed by atoms with van der Waals surface area (Å²) in [5, 5.41) is 9.31. The van der Waals surface area contributed by atoms with Crippen LogP contribution in [-0.2, 0) is 4.74 Å². The standard InChI is InChI=1S/C15H19NO5/c1-9-4-11(18)7-14(21-9)15(19)16-2-3-20-13-6-10(8-17)5-12(13)16/h4,7,10,12-13,17H,2-3,5-6,8H2,1H3/t10-,12+,13+/m1/s1. The number of hydrogen-bond acceptors (Lipinski definition) is 5. The lowest BCUT2D eigenvalue weighted by Gasteiger charge is -2.37. The van der Waals surface area contributed by atoms with Gasteiger partial charge < -0.3 is 19.2 Å². The Morgan fingerprint density at radius 2 is 2.24 bits per heavy atom. The van der Waals surface area contributed by atoms with Crippen LogP contribution < -0.4 is 5.43 Å². The number of aryl methyl sites for hydroxylation is 1. The van der Waals surface area contributed by atoms with Crippen molar-refractivity contribution in [3.05, 3.63) is 33.9 Å². The number of aliphatic hydroxyl groups excluding tert-OH is 1. The molecule has 1 saturated heterocycles. The number of carbonyl (C=O) groups excluding carboxylic acids is 1. The van der Waals surface area contributed by atoms with E-state index < -0.39 is 0 Å². The third kappa shape index (κ3) is 2.73. The molecular formula is C15H19NO5. The van der Waals surface area contributed by atoms with E-state index in [0.29, 0.717) is 18.9 Å². The van der Waals surface area contributed by atoms with Crippen LogP contribution in [-0.4, -0.2) is 47.8 Å². The van der Waals surface area contributed by atoms with Crippen molar-refractivity contribution in [2.45, 2.75) is 31.9 Å². The Kier molecular flexibility index (Phi) is 3.82. The molecule has 6 heteroatoms. The number of carbonyl (C=O) groups is 1. The first-order valence-corrected chi connectivity index (χ1v) is 7.23. The van der Waals surface area contributed by atoms with Gasteiger partial charge in [-0.15, -0.1) is 0 Å². The molecule has 1 aromatic heterocycles. The van der Waals surface area contributed by atoms with E-state index in [1.54, 1.807) is 11.8 Å². The van der Waals surface area contributed by atoms with Crippen LogP contribution in [0, 0.1) is 12.8 Å². The summed E-state index contributed by atoms with van der Waals surface area (Å²) in [5.41, 5.74) is -0.230. The Bertz CT molecular complexity index is 596. The van der Waals surface area contributed by atoms with E-state index in [9.17, 15) is 14.7 Å². The summed E-state index contributed by atoms with van der Waals surface area (Å²) in [7, 11) is 0. The highest BCUT2D eigenvalue weighted by atomic mass is 16.5. The molecule has 1 aliphatic carbocycles. The first-order valence-electron chi connectivity index (χ1n) is 7.23. The van der Waals surface area contributed by atoms with Gasteiger partial charge in [-0.05, 0) is 25.7 Å². The van der Waals surface area contributed by atoms with Crippen molar-refractivity contribution < 1.29 is 19.1 Å². The molecule has 2 heterocycles. The normalized spacial score (nSPS) is 28.5. The van der Waals surface area contributed by atoms with Crippen molar-refractivity contribution >= 4 is 5.91 Å². The van der Waals surface area contributed by atoms with E-state index in [0.717, 1.165) is 12.8 Å². The lowest BCUT2D eigenvalue weighted by atomic mass is 10.1. The highest BCUT2D eigenvalue weighted by Crippen LogP contribution is 2.34. The van der Waals surface area contributed by atoms with Crippen molar-refractivity contribution in [3.8, 4) is 0 Å². The fourth-order valence-electron chi connectivity index (χ4n) is 3.30. The molecule has 2 fully saturated rings. The zero-order valence-electron chi connectivity index (χ0n) is 11.9. The molecule has 21 heavy (non-hydrogen) atoms. The maximum absolute atomic E-state index is 12.6. The van der Waals surface area contributed by atoms with Crippen molar-refractivity contribution in [1.82, 2.24) is 4.90 Å². The van der Waals surface area contributed by atoms with Gasteiger partial charge >= 0.3 is 0 Å². The first-order chi connectivity index (χ1) is 10.1.